The molecule has 0 saturated carbocycles. The third-order valence-corrected chi connectivity index (χ3v) is 7.40. The van der Waals surface area contributed by atoms with Crippen LogP contribution in [0.2, 0.25) is 0 Å². The number of aromatic nitrogens is 1. The first-order chi connectivity index (χ1) is 16.4. The number of hydrogen-bond acceptors (Lipinski definition) is 4. The molecular weight excluding hydrogens is 449 g/mol. The van der Waals surface area contributed by atoms with Crippen LogP contribution in [-0.4, -0.2) is 17.6 Å². The lowest BCUT2D eigenvalue weighted by molar-refractivity contribution is -0.159. The molecule has 172 valence electrons. The number of benzene rings is 3. The molecule has 0 aliphatic carbocycles. The highest BCUT2D eigenvalue weighted by molar-refractivity contribution is 7.97. The molecule has 0 bridgehead atoms. The number of halogens is 1. The first-order valence-corrected chi connectivity index (χ1v) is 12.1. The predicted octanol–water partition coefficient (Wildman–Crippen LogP) is 6.17. The molecule has 0 spiro atoms. The van der Waals surface area contributed by atoms with Crippen molar-refractivity contribution in [1.82, 2.24) is 4.98 Å². The van der Waals surface area contributed by atoms with Gasteiger partial charge in [0, 0.05) is 18.5 Å². The molecule has 0 atom stereocenters. The van der Waals surface area contributed by atoms with E-state index in [2.05, 4.69) is 4.98 Å². The molecule has 3 aromatic carbocycles. The maximum absolute atomic E-state index is 15.0. The standard InChI is InChI=1S/C28H25FNO3S/c1-28(2,21-15-17-30-18-16-21)33-27(31)20-32-26-14-13-24(19-25(26)29)34(22-9-5-3-6-10-22)23-11-7-4-8-12-23/h3-19H,20H2,1-2H3/q+1. The summed E-state index contributed by atoms with van der Waals surface area (Å²) in [7, 11) is -0.473. The maximum atomic E-state index is 15.0. The van der Waals surface area contributed by atoms with Crippen molar-refractivity contribution in [2.24, 2.45) is 0 Å². The van der Waals surface area contributed by atoms with Gasteiger partial charge in [-0.3, -0.25) is 4.98 Å². The van der Waals surface area contributed by atoms with E-state index in [1.165, 1.54) is 6.07 Å². The molecule has 6 heteroatoms. The van der Waals surface area contributed by atoms with Crippen LogP contribution in [-0.2, 0) is 26.0 Å². The second-order valence-electron chi connectivity index (χ2n) is 8.03. The van der Waals surface area contributed by atoms with E-state index in [4.69, 9.17) is 9.47 Å². The summed E-state index contributed by atoms with van der Waals surface area (Å²) in [4.78, 5) is 19.3. The van der Waals surface area contributed by atoms with Crippen LogP contribution in [0.5, 0.6) is 5.75 Å². The molecule has 0 saturated heterocycles. The quantitative estimate of drug-likeness (QED) is 0.226. The lowest BCUT2D eigenvalue weighted by Gasteiger charge is -2.25. The van der Waals surface area contributed by atoms with Gasteiger partial charge in [-0.2, -0.15) is 0 Å². The summed E-state index contributed by atoms with van der Waals surface area (Å²) in [5.41, 5.74) is -0.0499. The van der Waals surface area contributed by atoms with Gasteiger partial charge in [0.2, 0.25) is 0 Å². The maximum Gasteiger partial charge on any atom is 0.345 e. The van der Waals surface area contributed by atoms with Crippen molar-refractivity contribution >= 4 is 16.9 Å². The van der Waals surface area contributed by atoms with Gasteiger partial charge in [0.05, 0.1) is 10.9 Å². The van der Waals surface area contributed by atoms with Crippen molar-refractivity contribution < 1.29 is 18.7 Å². The second-order valence-corrected chi connectivity index (χ2v) is 10.1. The summed E-state index contributed by atoms with van der Waals surface area (Å²) in [5.74, 6) is -1.10. The minimum atomic E-state index is -0.856. The monoisotopic (exact) mass is 474 g/mol. The van der Waals surface area contributed by atoms with Crippen molar-refractivity contribution in [2.75, 3.05) is 6.61 Å². The van der Waals surface area contributed by atoms with Crippen LogP contribution >= 0.6 is 0 Å². The molecule has 1 heterocycles. The van der Waals surface area contributed by atoms with E-state index < -0.39 is 34.9 Å². The SMILES string of the molecule is CC(C)(OC(=O)COc1ccc([S+](c2ccccc2)c2ccccc2)cc1F)c1ccncc1. The fourth-order valence-electron chi connectivity index (χ4n) is 3.51. The lowest BCUT2D eigenvalue weighted by atomic mass is 9.99. The molecular formula is C28H25FNO3S+. The minimum absolute atomic E-state index is 0.00657. The smallest absolute Gasteiger partial charge is 0.345 e. The summed E-state index contributed by atoms with van der Waals surface area (Å²) < 4.78 is 26.0. The fraction of sp³-hybridized carbons (Fsp3) is 0.143. The topological polar surface area (TPSA) is 48.4 Å². The van der Waals surface area contributed by atoms with Crippen molar-refractivity contribution in [3.63, 3.8) is 0 Å². The number of hydrogen-bond donors (Lipinski definition) is 0. The largest absolute Gasteiger partial charge is 0.479 e. The molecule has 4 rings (SSSR count). The number of rotatable bonds is 8. The van der Waals surface area contributed by atoms with Crippen LogP contribution in [0.15, 0.2) is 118 Å². The molecule has 0 aliphatic rings. The number of ether oxygens (including phenoxy) is 2. The van der Waals surface area contributed by atoms with Gasteiger partial charge in [0.15, 0.2) is 32.9 Å². The van der Waals surface area contributed by atoms with E-state index in [-0.39, 0.29) is 5.75 Å². The highest BCUT2D eigenvalue weighted by atomic mass is 32.2. The zero-order valence-electron chi connectivity index (χ0n) is 19.0. The summed E-state index contributed by atoms with van der Waals surface area (Å²) in [6.07, 6.45) is 3.27. The van der Waals surface area contributed by atoms with Gasteiger partial charge >= 0.3 is 5.97 Å². The fourth-order valence-corrected chi connectivity index (χ4v) is 5.61. The molecule has 0 radical (unpaired) electrons. The van der Waals surface area contributed by atoms with Crippen LogP contribution in [0, 0.1) is 5.82 Å². The van der Waals surface area contributed by atoms with Gasteiger partial charge in [-0.1, -0.05) is 36.4 Å². The van der Waals surface area contributed by atoms with Crippen LogP contribution in [0.1, 0.15) is 19.4 Å². The average Bonchev–Trinajstić information content (AvgIpc) is 2.85. The number of carbonyl (C=O) groups is 1. The van der Waals surface area contributed by atoms with Gasteiger partial charge in [-0.15, -0.1) is 0 Å². The molecule has 4 nitrogen and oxygen atoms in total. The van der Waals surface area contributed by atoms with Gasteiger partial charge < -0.3 is 9.47 Å². The van der Waals surface area contributed by atoms with Crippen LogP contribution in [0.3, 0.4) is 0 Å². The molecule has 0 fully saturated rings. The highest BCUT2D eigenvalue weighted by Crippen LogP contribution is 2.33. The van der Waals surface area contributed by atoms with Crippen LogP contribution in [0.25, 0.3) is 0 Å². The van der Waals surface area contributed by atoms with Gasteiger partial charge in [0.25, 0.3) is 0 Å². The molecule has 34 heavy (non-hydrogen) atoms. The predicted molar refractivity (Wildman–Crippen MR) is 130 cm³/mol. The Labute approximate surface area is 201 Å². The zero-order chi connectivity index (χ0) is 24.0. The lowest BCUT2D eigenvalue weighted by Crippen LogP contribution is -2.28. The summed E-state index contributed by atoms with van der Waals surface area (Å²) in [5, 5.41) is 0. The third-order valence-electron chi connectivity index (χ3n) is 5.19. The molecule has 0 aliphatic heterocycles. The number of esters is 1. The van der Waals surface area contributed by atoms with E-state index in [0.717, 1.165) is 20.2 Å². The Morgan fingerprint density at radius 2 is 1.44 bits per heavy atom. The van der Waals surface area contributed by atoms with Gasteiger partial charge in [-0.05, 0) is 67.9 Å². The van der Waals surface area contributed by atoms with Crippen molar-refractivity contribution in [1.29, 1.82) is 0 Å². The van der Waals surface area contributed by atoms with Crippen molar-refractivity contribution in [2.45, 2.75) is 34.1 Å². The van der Waals surface area contributed by atoms with Crippen molar-refractivity contribution in [3.8, 4) is 5.75 Å². The first-order valence-electron chi connectivity index (χ1n) is 10.8. The van der Waals surface area contributed by atoms with E-state index in [9.17, 15) is 4.79 Å². The Kier molecular flexibility index (Phi) is 7.28. The van der Waals surface area contributed by atoms with Crippen LogP contribution in [0.4, 0.5) is 4.39 Å². The molecule has 1 aromatic heterocycles. The Morgan fingerprint density at radius 3 is 2.00 bits per heavy atom. The van der Waals surface area contributed by atoms with Crippen LogP contribution < -0.4 is 4.74 Å². The Morgan fingerprint density at radius 1 is 0.853 bits per heavy atom. The summed E-state index contributed by atoms with van der Waals surface area (Å²) in [6.45, 7) is 3.17. The van der Waals surface area contributed by atoms with E-state index in [1.54, 1.807) is 44.4 Å². The summed E-state index contributed by atoms with van der Waals surface area (Å²) in [6, 6.07) is 28.4. The first kappa shape index (κ1) is 23.5. The van der Waals surface area contributed by atoms with E-state index >= 15 is 4.39 Å². The minimum Gasteiger partial charge on any atom is -0.479 e. The number of nitrogens with zero attached hydrogens (tertiary/aromatic N) is 1. The number of carbonyl (C=O) groups excluding carboxylic acids is 1. The van der Waals surface area contributed by atoms with E-state index in [0.29, 0.717) is 0 Å². The third kappa shape index (κ3) is 5.64. The Balaban J connectivity index is 1.49. The second kappa shape index (κ2) is 10.5. The van der Waals surface area contributed by atoms with Gasteiger partial charge in [-0.25, -0.2) is 9.18 Å². The summed E-state index contributed by atoms with van der Waals surface area (Å²) >= 11 is 0. The molecule has 0 N–H and O–H groups in total. The van der Waals surface area contributed by atoms with Crippen molar-refractivity contribution in [3.05, 3.63) is 115 Å². The zero-order valence-corrected chi connectivity index (χ0v) is 19.8. The average molecular weight is 475 g/mol. The number of pyridine rings is 1. The van der Waals surface area contributed by atoms with Gasteiger partial charge in [0.1, 0.15) is 5.60 Å². The molecule has 0 unspecified atom stereocenters. The Hall–Kier alpha value is -3.64. The highest BCUT2D eigenvalue weighted by Gasteiger charge is 2.30. The van der Waals surface area contributed by atoms with E-state index in [1.807, 2.05) is 66.7 Å². The molecule has 4 aromatic rings. The normalized spacial score (nSPS) is 11.3. The Bertz CT molecular complexity index is 1200. The molecule has 0 amide bonds.